The maximum absolute atomic E-state index is 10.8. The molecule has 3 rings (SSSR count). The van der Waals surface area contributed by atoms with Crippen molar-refractivity contribution >= 4 is 12.0 Å². The number of nitrogens with zero attached hydrogens (tertiary/aromatic N) is 1. The molecule has 0 unspecified atom stereocenters. The Bertz CT molecular complexity index is 891. The van der Waals surface area contributed by atoms with Gasteiger partial charge in [-0.3, -0.25) is 4.98 Å². The Balaban J connectivity index is 2.13. The summed E-state index contributed by atoms with van der Waals surface area (Å²) in [5.74, 6) is -0.954. The molecule has 1 aromatic carbocycles. The van der Waals surface area contributed by atoms with Gasteiger partial charge in [-0.1, -0.05) is 33.8 Å². The predicted molar refractivity (Wildman–Crippen MR) is 106 cm³/mol. The van der Waals surface area contributed by atoms with E-state index in [2.05, 4.69) is 51.7 Å². The van der Waals surface area contributed by atoms with Crippen molar-refractivity contribution in [1.29, 1.82) is 0 Å². The van der Waals surface area contributed by atoms with E-state index in [1.807, 2.05) is 12.3 Å². The Hall–Kier alpha value is -2.42. The van der Waals surface area contributed by atoms with Gasteiger partial charge in [0.15, 0.2) is 0 Å². The Labute approximate surface area is 155 Å². The van der Waals surface area contributed by atoms with Crippen molar-refractivity contribution in [3.8, 4) is 11.1 Å². The van der Waals surface area contributed by atoms with Crippen LogP contribution in [0.15, 0.2) is 36.7 Å². The van der Waals surface area contributed by atoms with Gasteiger partial charge in [0.05, 0.1) is 0 Å². The number of rotatable bonds is 3. The second kappa shape index (κ2) is 6.39. The fraction of sp³-hybridized carbons (Fsp3) is 0.391. The highest BCUT2D eigenvalue weighted by atomic mass is 16.4. The zero-order valence-corrected chi connectivity index (χ0v) is 16.3. The van der Waals surface area contributed by atoms with Crippen LogP contribution in [0, 0.1) is 6.92 Å². The van der Waals surface area contributed by atoms with E-state index < -0.39 is 5.97 Å². The van der Waals surface area contributed by atoms with Gasteiger partial charge >= 0.3 is 5.97 Å². The normalized spacial score (nSPS) is 17.9. The van der Waals surface area contributed by atoms with Crippen LogP contribution in [-0.4, -0.2) is 16.1 Å². The number of pyridine rings is 1. The molecule has 3 heteroatoms. The molecule has 26 heavy (non-hydrogen) atoms. The van der Waals surface area contributed by atoms with Gasteiger partial charge in [0.25, 0.3) is 0 Å². The molecular formula is C23H27NO2. The van der Waals surface area contributed by atoms with Crippen LogP contribution in [0.5, 0.6) is 0 Å². The number of aliphatic carboxylic acids is 1. The number of hydrogen-bond donors (Lipinski definition) is 1. The molecule has 2 aromatic rings. The zero-order chi connectivity index (χ0) is 19.1. The minimum absolute atomic E-state index is 0.154. The molecule has 0 spiro atoms. The molecule has 1 N–H and O–H groups in total. The summed E-state index contributed by atoms with van der Waals surface area (Å²) in [4.78, 5) is 15.1. The molecule has 0 aliphatic heterocycles. The van der Waals surface area contributed by atoms with Gasteiger partial charge in [-0.15, -0.1) is 0 Å². The molecule has 1 aliphatic carbocycles. The van der Waals surface area contributed by atoms with Gasteiger partial charge in [-0.05, 0) is 76.6 Å². The lowest BCUT2D eigenvalue weighted by Gasteiger charge is -2.42. The van der Waals surface area contributed by atoms with E-state index in [1.54, 1.807) is 12.3 Å². The molecule has 0 bridgehead atoms. The Morgan fingerprint density at radius 2 is 1.65 bits per heavy atom. The fourth-order valence-corrected chi connectivity index (χ4v) is 3.90. The summed E-state index contributed by atoms with van der Waals surface area (Å²) in [6.07, 6.45) is 8.64. The lowest BCUT2D eigenvalue weighted by molar-refractivity contribution is -0.131. The number of benzene rings is 1. The van der Waals surface area contributed by atoms with Crippen molar-refractivity contribution in [3.63, 3.8) is 0 Å². The quantitative estimate of drug-likeness (QED) is 0.744. The highest BCUT2D eigenvalue weighted by Crippen LogP contribution is 2.47. The van der Waals surface area contributed by atoms with Gasteiger partial charge in [0.2, 0.25) is 0 Å². The average Bonchev–Trinajstić information content (AvgIpc) is 2.57. The summed E-state index contributed by atoms with van der Waals surface area (Å²) < 4.78 is 0. The lowest BCUT2D eigenvalue weighted by Crippen LogP contribution is -2.34. The van der Waals surface area contributed by atoms with Crippen molar-refractivity contribution in [1.82, 2.24) is 4.98 Å². The number of carboxylic acid groups (broad SMARTS) is 1. The first-order valence-corrected chi connectivity index (χ1v) is 9.12. The Morgan fingerprint density at radius 1 is 1.04 bits per heavy atom. The standard InChI is InChI=1S/C23H27NO2/c1-15-10-19-20(23(4,5)9-8-22(19,2)3)12-18(15)17-11-16(13-24-14-17)6-7-21(25)26/h6-7,10-14H,8-9H2,1-5H3,(H,25,26)/b7-6+. The van der Waals surface area contributed by atoms with E-state index in [0.29, 0.717) is 0 Å². The second-order valence-corrected chi connectivity index (χ2v) is 8.66. The van der Waals surface area contributed by atoms with Gasteiger partial charge in [0, 0.05) is 24.0 Å². The van der Waals surface area contributed by atoms with Crippen LogP contribution in [-0.2, 0) is 15.6 Å². The lowest BCUT2D eigenvalue weighted by atomic mass is 9.62. The maximum atomic E-state index is 10.8. The molecule has 1 heterocycles. The molecule has 136 valence electrons. The van der Waals surface area contributed by atoms with Crippen molar-refractivity contribution in [2.75, 3.05) is 0 Å². The summed E-state index contributed by atoms with van der Waals surface area (Å²) >= 11 is 0. The van der Waals surface area contributed by atoms with Crippen LogP contribution in [0.3, 0.4) is 0 Å². The fourth-order valence-electron chi connectivity index (χ4n) is 3.90. The summed E-state index contributed by atoms with van der Waals surface area (Å²) in [6.45, 7) is 11.5. The third-order valence-corrected chi connectivity index (χ3v) is 5.69. The largest absolute Gasteiger partial charge is 0.478 e. The van der Waals surface area contributed by atoms with Gasteiger partial charge in [-0.25, -0.2) is 4.79 Å². The number of carbonyl (C=O) groups is 1. The highest BCUT2D eigenvalue weighted by Gasteiger charge is 2.37. The molecule has 0 fully saturated rings. The molecular weight excluding hydrogens is 322 g/mol. The van der Waals surface area contributed by atoms with E-state index >= 15 is 0 Å². The predicted octanol–water partition coefficient (Wildman–Crippen LogP) is 5.50. The van der Waals surface area contributed by atoms with E-state index in [1.165, 1.54) is 35.1 Å². The molecule has 1 aliphatic rings. The SMILES string of the molecule is Cc1cc2c(cc1-c1cncc(/C=C/C(=O)O)c1)C(C)(C)CCC2(C)C. The Kier molecular flexibility index (Phi) is 4.51. The third kappa shape index (κ3) is 3.44. The summed E-state index contributed by atoms with van der Waals surface area (Å²) in [5.41, 5.74) is 7.44. The van der Waals surface area contributed by atoms with Crippen LogP contribution in [0.2, 0.25) is 0 Å². The molecule has 0 saturated carbocycles. The third-order valence-electron chi connectivity index (χ3n) is 5.69. The molecule has 0 radical (unpaired) electrons. The maximum Gasteiger partial charge on any atom is 0.328 e. The van der Waals surface area contributed by atoms with Crippen LogP contribution in [0.1, 0.15) is 62.8 Å². The summed E-state index contributed by atoms with van der Waals surface area (Å²) in [7, 11) is 0. The topological polar surface area (TPSA) is 50.2 Å². The second-order valence-electron chi connectivity index (χ2n) is 8.66. The van der Waals surface area contributed by atoms with Crippen molar-refractivity contribution in [3.05, 3.63) is 58.9 Å². The average molecular weight is 349 g/mol. The first kappa shape index (κ1) is 18.4. The van der Waals surface area contributed by atoms with E-state index in [9.17, 15) is 4.79 Å². The minimum Gasteiger partial charge on any atom is -0.478 e. The van der Waals surface area contributed by atoms with Crippen LogP contribution < -0.4 is 0 Å². The first-order chi connectivity index (χ1) is 12.1. The minimum atomic E-state index is -0.954. The smallest absolute Gasteiger partial charge is 0.328 e. The zero-order valence-electron chi connectivity index (χ0n) is 16.3. The molecule has 0 atom stereocenters. The van der Waals surface area contributed by atoms with Crippen LogP contribution in [0.25, 0.3) is 17.2 Å². The van der Waals surface area contributed by atoms with Crippen LogP contribution in [0.4, 0.5) is 0 Å². The van der Waals surface area contributed by atoms with E-state index in [-0.39, 0.29) is 10.8 Å². The molecule has 3 nitrogen and oxygen atoms in total. The van der Waals surface area contributed by atoms with Crippen molar-refractivity contribution in [2.24, 2.45) is 0 Å². The molecule has 1 aromatic heterocycles. The first-order valence-electron chi connectivity index (χ1n) is 9.12. The number of aromatic nitrogens is 1. The number of hydrogen-bond acceptors (Lipinski definition) is 2. The number of aryl methyl sites for hydroxylation is 1. The van der Waals surface area contributed by atoms with Crippen molar-refractivity contribution < 1.29 is 9.90 Å². The van der Waals surface area contributed by atoms with E-state index in [0.717, 1.165) is 17.2 Å². The molecule has 0 saturated heterocycles. The molecule has 0 amide bonds. The summed E-state index contributed by atoms with van der Waals surface area (Å²) in [6, 6.07) is 6.67. The van der Waals surface area contributed by atoms with E-state index in [4.69, 9.17) is 5.11 Å². The van der Waals surface area contributed by atoms with Crippen LogP contribution >= 0.6 is 0 Å². The number of carboxylic acids is 1. The van der Waals surface area contributed by atoms with Gasteiger partial charge in [-0.2, -0.15) is 0 Å². The van der Waals surface area contributed by atoms with Gasteiger partial charge < -0.3 is 5.11 Å². The number of fused-ring (bicyclic) bond motifs is 1. The summed E-state index contributed by atoms with van der Waals surface area (Å²) in [5, 5.41) is 8.84. The van der Waals surface area contributed by atoms with Crippen molar-refractivity contribution in [2.45, 2.75) is 58.3 Å². The monoisotopic (exact) mass is 349 g/mol. The van der Waals surface area contributed by atoms with Gasteiger partial charge in [0.1, 0.15) is 0 Å². The Morgan fingerprint density at radius 3 is 2.27 bits per heavy atom. The highest BCUT2D eigenvalue weighted by molar-refractivity contribution is 5.85.